The Balaban J connectivity index is 1.70. The molecule has 3 rings (SSSR count). The van der Waals surface area contributed by atoms with Crippen molar-refractivity contribution in [3.05, 3.63) is 16.3 Å². The first-order valence-electron chi connectivity index (χ1n) is 7.15. The van der Waals surface area contributed by atoms with Crippen molar-refractivity contribution in [2.75, 3.05) is 13.6 Å². The summed E-state index contributed by atoms with van der Waals surface area (Å²) < 4.78 is 26.5. The quantitative estimate of drug-likeness (QED) is 0.907. The normalized spacial score (nSPS) is 29.4. The predicted octanol–water partition coefficient (Wildman–Crippen LogP) is 2.30. The van der Waals surface area contributed by atoms with Gasteiger partial charge in [0.05, 0.1) is 11.5 Å². The third kappa shape index (κ3) is 2.54. The molecule has 2 fully saturated rings. The summed E-state index contributed by atoms with van der Waals surface area (Å²) >= 11 is 1.29. The van der Waals surface area contributed by atoms with Gasteiger partial charge in [0.25, 0.3) is 0 Å². The van der Waals surface area contributed by atoms with Gasteiger partial charge in [-0.15, -0.1) is 11.3 Å². The van der Waals surface area contributed by atoms with Crippen molar-refractivity contribution in [3.8, 4) is 0 Å². The molecule has 1 aromatic rings. The van der Waals surface area contributed by atoms with Crippen LogP contribution in [0.25, 0.3) is 0 Å². The molecular formula is C14H21NO3S2. The van der Waals surface area contributed by atoms with Crippen LogP contribution in [0.15, 0.2) is 16.3 Å². The van der Waals surface area contributed by atoms with Gasteiger partial charge in [-0.3, -0.25) is 0 Å². The van der Waals surface area contributed by atoms with Crippen LogP contribution in [0.1, 0.15) is 30.6 Å². The maximum absolute atomic E-state index is 12.5. The van der Waals surface area contributed by atoms with Gasteiger partial charge < -0.3 is 5.11 Å². The van der Waals surface area contributed by atoms with Crippen molar-refractivity contribution in [2.24, 2.45) is 17.8 Å². The molecule has 3 atom stereocenters. The van der Waals surface area contributed by atoms with Crippen molar-refractivity contribution in [3.63, 3.8) is 0 Å². The molecule has 1 N–H and O–H groups in total. The van der Waals surface area contributed by atoms with Gasteiger partial charge in [0.1, 0.15) is 0 Å². The van der Waals surface area contributed by atoms with E-state index in [2.05, 4.69) is 0 Å². The lowest BCUT2D eigenvalue weighted by Crippen LogP contribution is -2.33. The number of sulfonamides is 1. The Morgan fingerprint density at radius 2 is 2.20 bits per heavy atom. The highest BCUT2D eigenvalue weighted by Gasteiger charge is 2.40. The molecule has 2 saturated carbocycles. The van der Waals surface area contributed by atoms with E-state index in [0.29, 0.717) is 22.2 Å². The second-order valence-corrected chi connectivity index (χ2v) is 9.17. The lowest BCUT2D eigenvalue weighted by atomic mass is 9.89. The second kappa shape index (κ2) is 5.40. The van der Waals surface area contributed by atoms with Crippen molar-refractivity contribution in [2.45, 2.75) is 37.2 Å². The molecule has 0 amide bonds. The Morgan fingerprint density at radius 3 is 2.75 bits per heavy atom. The Bertz CT molecular complexity index is 581. The van der Waals surface area contributed by atoms with Crippen molar-refractivity contribution in [1.29, 1.82) is 0 Å². The first-order chi connectivity index (χ1) is 9.50. The van der Waals surface area contributed by atoms with E-state index >= 15 is 0 Å². The molecule has 4 nitrogen and oxygen atoms in total. The molecule has 20 heavy (non-hydrogen) atoms. The minimum atomic E-state index is -3.40. The van der Waals surface area contributed by atoms with Crippen LogP contribution in [0.3, 0.4) is 0 Å². The average Bonchev–Trinajstić information content (AvgIpc) is 3.14. The fourth-order valence-electron chi connectivity index (χ4n) is 3.79. The summed E-state index contributed by atoms with van der Waals surface area (Å²) in [6, 6.07) is 1.58. The van der Waals surface area contributed by atoms with Gasteiger partial charge in [-0.1, -0.05) is 6.42 Å². The van der Waals surface area contributed by atoms with E-state index in [1.807, 2.05) is 0 Å². The van der Waals surface area contributed by atoms with E-state index in [-0.39, 0.29) is 6.61 Å². The molecule has 6 heteroatoms. The highest BCUT2D eigenvalue weighted by Crippen LogP contribution is 2.48. The maximum atomic E-state index is 12.5. The number of rotatable bonds is 5. The molecule has 0 radical (unpaired) electrons. The fraction of sp³-hybridized carbons (Fsp3) is 0.714. The van der Waals surface area contributed by atoms with Gasteiger partial charge in [0.2, 0.25) is 10.0 Å². The summed E-state index contributed by atoms with van der Waals surface area (Å²) in [5.41, 5.74) is 0. The summed E-state index contributed by atoms with van der Waals surface area (Å²) in [5, 5.41) is 10.7. The van der Waals surface area contributed by atoms with Gasteiger partial charge in [0.15, 0.2) is 0 Å². The lowest BCUT2D eigenvalue weighted by Gasteiger charge is -2.26. The van der Waals surface area contributed by atoms with Crippen molar-refractivity contribution >= 4 is 21.4 Å². The summed E-state index contributed by atoms with van der Waals surface area (Å²) in [4.78, 5) is 1.01. The topological polar surface area (TPSA) is 57.6 Å². The zero-order valence-corrected chi connectivity index (χ0v) is 13.3. The van der Waals surface area contributed by atoms with E-state index < -0.39 is 10.0 Å². The Kier molecular flexibility index (Phi) is 3.92. The van der Waals surface area contributed by atoms with Gasteiger partial charge in [-0.05, 0) is 43.1 Å². The summed E-state index contributed by atoms with van der Waals surface area (Å²) in [6.45, 7) is 0.532. The Labute approximate surface area is 124 Å². The zero-order valence-electron chi connectivity index (χ0n) is 11.7. The largest absolute Gasteiger partial charge is 0.391 e. The van der Waals surface area contributed by atoms with Crippen LogP contribution in [0.5, 0.6) is 0 Å². The summed E-state index contributed by atoms with van der Waals surface area (Å²) in [5.74, 6) is 2.10. The van der Waals surface area contributed by atoms with Crippen LogP contribution in [0.4, 0.5) is 0 Å². The molecular weight excluding hydrogens is 294 g/mol. The molecule has 2 aliphatic carbocycles. The van der Waals surface area contributed by atoms with E-state index in [1.54, 1.807) is 18.5 Å². The monoisotopic (exact) mass is 315 g/mol. The minimum absolute atomic E-state index is 0.101. The summed E-state index contributed by atoms with van der Waals surface area (Å²) in [7, 11) is -1.72. The Morgan fingerprint density at radius 1 is 1.40 bits per heavy atom. The molecule has 112 valence electrons. The second-order valence-electron chi connectivity index (χ2n) is 6.13. The Hall–Kier alpha value is -0.430. The van der Waals surface area contributed by atoms with Crippen LogP contribution in [0.2, 0.25) is 0 Å². The first-order valence-corrected chi connectivity index (χ1v) is 9.47. The van der Waals surface area contributed by atoms with Gasteiger partial charge in [-0.2, -0.15) is 0 Å². The lowest BCUT2D eigenvalue weighted by molar-refractivity contribution is 0.280. The van der Waals surface area contributed by atoms with Crippen molar-refractivity contribution < 1.29 is 13.5 Å². The zero-order chi connectivity index (χ0) is 14.3. The van der Waals surface area contributed by atoms with Crippen LogP contribution < -0.4 is 0 Å². The SMILES string of the molecule is CN(CC1CC2CCC1C2)S(=O)(=O)c1csc(CO)c1. The standard InChI is InChI=1S/C14H21NO3S2/c1-15(7-12-5-10-2-3-11(12)4-10)20(17,18)14-6-13(8-16)19-9-14/h6,9-12,16H,2-5,7-8H2,1H3. The van der Waals surface area contributed by atoms with E-state index in [1.165, 1.54) is 41.3 Å². The number of fused-ring (bicyclic) bond motifs is 2. The molecule has 0 aromatic carbocycles. The molecule has 0 aliphatic heterocycles. The number of hydrogen-bond acceptors (Lipinski definition) is 4. The molecule has 1 aromatic heterocycles. The van der Waals surface area contributed by atoms with Gasteiger partial charge in [-0.25, -0.2) is 12.7 Å². The van der Waals surface area contributed by atoms with Crippen LogP contribution >= 0.6 is 11.3 Å². The van der Waals surface area contributed by atoms with Gasteiger partial charge in [0, 0.05) is 23.8 Å². The fourth-order valence-corrected chi connectivity index (χ4v) is 6.14. The van der Waals surface area contributed by atoms with E-state index in [9.17, 15) is 8.42 Å². The van der Waals surface area contributed by atoms with E-state index in [0.717, 1.165) is 11.8 Å². The molecule has 0 spiro atoms. The third-order valence-corrected chi connectivity index (χ3v) is 7.74. The maximum Gasteiger partial charge on any atom is 0.243 e. The minimum Gasteiger partial charge on any atom is -0.391 e. The molecule has 1 heterocycles. The van der Waals surface area contributed by atoms with Crippen molar-refractivity contribution in [1.82, 2.24) is 4.31 Å². The number of aliphatic hydroxyl groups excluding tert-OH is 1. The van der Waals surface area contributed by atoms with Crippen LogP contribution in [-0.2, 0) is 16.6 Å². The third-order valence-electron chi connectivity index (χ3n) is 4.87. The predicted molar refractivity (Wildman–Crippen MR) is 79.0 cm³/mol. The molecule has 3 unspecified atom stereocenters. The van der Waals surface area contributed by atoms with Crippen LogP contribution in [-0.4, -0.2) is 31.4 Å². The molecule has 2 bridgehead atoms. The number of hydrogen-bond donors (Lipinski definition) is 1. The molecule has 2 aliphatic rings. The first kappa shape index (κ1) is 14.5. The highest BCUT2D eigenvalue weighted by atomic mass is 32.2. The highest BCUT2D eigenvalue weighted by molar-refractivity contribution is 7.89. The van der Waals surface area contributed by atoms with E-state index in [4.69, 9.17) is 5.11 Å². The summed E-state index contributed by atoms with van der Waals surface area (Å²) in [6.07, 6.45) is 5.10. The average molecular weight is 315 g/mol. The smallest absolute Gasteiger partial charge is 0.243 e. The number of aliphatic hydroxyl groups is 1. The number of thiophene rings is 1. The van der Waals surface area contributed by atoms with Crippen LogP contribution in [0, 0.1) is 17.8 Å². The van der Waals surface area contributed by atoms with Gasteiger partial charge >= 0.3 is 0 Å². The number of nitrogens with zero attached hydrogens (tertiary/aromatic N) is 1. The molecule has 0 saturated heterocycles.